The van der Waals surface area contributed by atoms with Gasteiger partial charge >= 0.3 is 6.03 Å². The molecule has 0 aliphatic carbocycles. The number of anilines is 2. The van der Waals surface area contributed by atoms with E-state index in [9.17, 15) is 9.59 Å². The molecule has 0 aliphatic heterocycles. The lowest BCUT2D eigenvalue weighted by Gasteiger charge is -2.06. The summed E-state index contributed by atoms with van der Waals surface area (Å²) in [6, 6.07) is 6.06. The molecule has 0 fully saturated rings. The Bertz CT molecular complexity index is 389. The maximum absolute atomic E-state index is 11.4. The molecule has 0 bridgehead atoms. The Labute approximate surface area is 99.4 Å². The van der Waals surface area contributed by atoms with Gasteiger partial charge in [0.1, 0.15) is 0 Å². The molecule has 17 heavy (non-hydrogen) atoms. The van der Waals surface area contributed by atoms with Crippen molar-refractivity contribution >= 4 is 23.3 Å². The highest BCUT2D eigenvalue weighted by molar-refractivity contribution is 5.91. The van der Waals surface area contributed by atoms with Crippen molar-refractivity contribution in [2.45, 2.75) is 12.8 Å². The summed E-state index contributed by atoms with van der Waals surface area (Å²) >= 11 is 0. The Morgan fingerprint density at radius 2 is 1.59 bits per heavy atom. The first kappa shape index (κ1) is 13.0. The summed E-state index contributed by atoms with van der Waals surface area (Å²) in [6.45, 7) is 0.495. The quantitative estimate of drug-likeness (QED) is 0.608. The molecule has 0 unspecified atom stereocenters. The minimum Gasteiger partial charge on any atom is -0.351 e. The van der Waals surface area contributed by atoms with Crippen LogP contribution in [0.4, 0.5) is 16.2 Å². The molecule has 3 amide bonds. The minimum atomic E-state index is -0.621. The van der Waals surface area contributed by atoms with Crippen LogP contribution in [0.15, 0.2) is 24.3 Å². The number of hydrogen-bond donors (Lipinski definition) is 4. The number of nitrogens with two attached hydrogens (primary N) is 2. The SMILES string of the molecule is NCCCC(=O)Nc1ccc(NC(N)=O)cc1. The average molecular weight is 236 g/mol. The molecular weight excluding hydrogens is 220 g/mol. The van der Waals surface area contributed by atoms with E-state index in [1.54, 1.807) is 24.3 Å². The molecule has 0 aliphatic rings. The van der Waals surface area contributed by atoms with Gasteiger partial charge in [-0.2, -0.15) is 0 Å². The van der Waals surface area contributed by atoms with Crippen LogP contribution in [0.3, 0.4) is 0 Å². The predicted octanol–water partition coefficient (Wildman–Crippen LogP) is 0.855. The molecule has 92 valence electrons. The Morgan fingerprint density at radius 3 is 2.06 bits per heavy atom. The summed E-state index contributed by atoms with van der Waals surface area (Å²) in [6.07, 6.45) is 1.06. The first-order valence-electron chi connectivity index (χ1n) is 5.28. The van der Waals surface area contributed by atoms with Crippen LogP contribution in [-0.2, 0) is 4.79 Å². The summed E-state index contributed by atoms with van der Waals surface area (Å²) in [5, 5.41) is 5.15. The number of carbonyl (C=O) groups excluding carboxylic acids is 2. The molecule has 0 aromatic heterocycles. The molecular formula is C11H16N4O2. The van der Waals surface area contributed by atoms with Crippen LogP contribution in [-0.4, -0.2) is 18.5 Å². The van der Waals surface area contributed by atoms with E-state index < -0.39 is 6.03 Å². The van der Waals surface area contributed by atoms with Crippen LogP contribution in [0.5, 0.6) is 0 Å². The maximum Gasteiger partial charge on any atom is 0.316 e. The van der Waals surface area contributed by atoms with Crippen molar-refractivity contribution in [2.75, 3.05) is 17.2 Å². The third-order valence-corrected chi connectivity index (χ3v) is 2.04. The Kier molecular flexibility index (Phi) is 4.96. The number of hydrogen-bond acceptors (Lipinski definition) is 3. The smallest absolute Gasteiger partial charge is 0.316 e. The number of nitrogens with one attached hydrogen (secondary N) is 2. The average Bonchev–Trinajstić information content (AvgIpc) is 2.28. The standard InChI is InChI=1S/C11H16N4O2/c12-7-1-2-10(16)14-8-3-5-9(6-4-8)15-11(13)17/h3-6H,1-2,7,12H2,(H,14,16)(H3,13,15,17). The summed E-state index contributed by atoms with van der Waals surface area (Å²) in [7, 11) is 0. The molecule has 0 saturated carbocycles. The van der Waals surface area contributed by atoms with E-state index in [4.69, 9.17) is 11.5 Å². The number of urea groups is 1. The monoisotopic (exact) mass is 236 g/mol. The van der Waals surface area contributed by atoms with Gasteiger partial charge in [-0.15, -0.1) is 0 Å². The van der Waals surface area contributed by atoms with Gasteiger partial charge in [-0.3, -0.25) is 4.79 Å². The van der Waals surface area contributed by atoms with Crippen molar-refractivity contribution < 1.29 is 9.59 Å². The van der Waals surface area contributed by atoms with Gasteiger partial charge < -0.3 is 22.1 Å². The molecule has 6 N–H and O–H groups in total. The minimum absolute atomic E-state index is 0.0777. The molecule has 0 saturated heterocycles. The van der Waals surface area contributed by atoms with Gasteiger partial charge in [0.05, 0.1) is 0 Å². The van der Waals surface area contributed by atoms with E-state index in [0.29, 0.717) is 30.8 Å². The van der Waals surface area contributed by atoms with Crippen molar-refractivity contribution in [3.05, 3.63) is 24.3 Å². The second-order valence-corrected chi connectivity index (χ2v) is 3.51. The molecule has 6 heteroatoms. The van der Waals surface area contributed by atoms with Crippen LogP contribution < -0.4 is 22.1 Å². The highest BCUT2D eigenvalue weighted by Gasteiger charge is 2.02. The van der Waals surface area contributed by atoms with Crippen LogP contribution in [0.25, 0.3) is 0 Å². The van der Waals surface area contributed by atoms with E-state index in [2.05, 4.69) is 10.6 Å². The summed E-state index contributed by atoms with van der Waals surface area (Å²) < 4.78 is 0. The Balaban J connectivity index is 2.50. The van der Waals surface area contributed by atoms with E-state index >= 15 is 0 Å². The number of carbonyl (C=O) groups is 2. The van der Waals surface area contributed by atoms with Crippen LogP contribution in [0.2, 0.25) is 0 Å². The fourth-order valence-corrected chi connectivity index (χ4v) is 1.27. The molecule has 0 atom stereocenters. The van der Waals surface area contributed by atoms with Gasteiger partial charge in [0, 0.05) is 17.8 Å². The fraction of sp³-hybridized carbons (Fsp3) is 0.273. The highest BCUT2D eigenvalue weighted by Crippen LogP contribution is 2.13. The molecule has 6 nitrogen and oxygen atoms in total. The third-order valence-electron chi connectivity index (χ3n) is 2.04. The van der Waals surface area contributed by atoms with Crippen molar-refractivity contribution in [1.29, 1.82) is 0 Å². The second kappa shape index (κ2) is 6.49. The first-order chi connectivity index (χ1) is 8.11. The maximum atomic E-state index is 11.4. The van der Waals surface area contributed by atoms with Crippen LogP contribution >= 0.6 is 0 Å². The van der Waals surface area contributed by atoms with E-state index in [1.165, 1.54) is 0 Å². The number of benzene rings is 1. The summed E-state index contributed by atoms with van der Waals surface area (Å²) in [5.41, 5.74) is 11.5. The third kappa shape index (κ3) is 4.98. The van der Waals surface area contributed by atoms with Gasteiger partial charge in [0.2, 0.25) is 5.91 Å². The molecule has 1 aromatic rings. The first-order valence-corrected chi connectivity index (χ1v) is 5.28. The van der Waals surface area contributed by atoms with Gasteiger partial charge in [-0.1, -0.05) is 0 Å². The Hall–Kier alpha value is -2.08. The highest BCUT2D eigenvalue weighted by atomic mass is 16.2. The summed E-state index contributed by atoms with van der Waals surface area (Å²) in [4.78, 5) is 22.0. The van der Waals surface area contributed by atoms with Crippen molar-refractivity contribution in [3.63, 3.8) is 0 Å². The van der Waals surface area contributed by atoms with E-state index in [1.807, 2.05) is 0 Å². The molecule has 1 aromatic carbocycles. The molecule has 1 rings (SSSR count). The Morgan fingerprint density at radius 1 is 1.06 bits per heavy atom. The van der Waals surface area contributed by atoms with Crippen molar-refractivity contribution in [1.82, 2.24) is 0 Å². The normalized spacial score (nSPS) is 9.71. The zero-order valence-electron chi connectivity index (χ0n) is 9.40. The second-order valence-electron chi connectivity index (χ2n) is 3.51. The summed E-state index contributed by atoms with van der Waals surface area (Å²) in [5.74, 6) is -0.0777. The number of primary amides is 1. The number of amides is 3. The predicted molar refractivity (Wildman–Crippen MR) is 66.6 cm³/mol. The van der Waals surface area contributed by atoms with Crippen LogP contribution in [0.1, 0.15) is 12.8 Å². The van der Waals surface area contributed by atoms with Crippen LogP contribution in [0, 0.1) is 0 Å². The zero-order valence-corrected chi connectivity index (χ0v) is 9.40. The zero-order chi connectivity index (χ0) is 12.7. The van der Waals surface area contributed by atoms with Gasteiger partial charge in [0.15, 0.2) is 0 Å². The topological polar surface area (TPSA) is 110 Å². The molecule has 0 spiro atoms. The van der Waals surface area contributed by atoms with Crippen molar-refractivity contribution in [3.8, 4) is 0 Å². The van der Waals surface area contributed by atoms with E-state index in [0.717, 1.165) is 0 Å². The number of rotatable bonds is 5. The lowest BCUT2D eigenvalue weighted by Crippen LogP contribution is -2.19. The van der Waals surface area contributed by atoms with Gasteiger partial charge in [0.25, 0.3) is 0 Å². The fourth-order valence-electron chi connectivity index (χ4n) is 1.27. The lowest BCUT2D eigenvalue weighted by molar-refractivity contribution is -0.116. The lowest BCUT2D eigenvalue weighted by atomic mass is 10.2. The van der Waals surface area contributed by atoms with Gasteiger partial charge in [-0.25, -0.2) is 4.79 Å². The molecule has 0 heterocycles. The largest absolute Gasteiger partial charge is 0.351 e. The van der Waals surface area contributed by atoms with Crippen molar-refractivity contribution in [2.24, 2.45) is 11.5 Å². The molecule has 0 radical (unpaired) electrons. The van der Waals surface area contributed by atoms with Gasteiger partial charge in [-0.05, 0) is 37.2 Å². The van der Waals surface area contributed by atoms with E-state index in [-0.39, 0.29) is 5.91 Å².